The highest BCUT2D eigenvalue weighted by Crippen LogP contribution is 2.38. The van der Waals surface area contributed by atoms with Gasteiger partial charge < -0.3 is 0 Å². The molecule has 4 atom stereocenters. The van der Waals surface area contributed by atoms with E-state index in [1.807, 2.05) is 30.3 Å². The first kappa shape index (κ1) is 13.6. The van der Waals surface area contributed by atoms with Crippen LogP contribution in [0.15, 0.2) is 49.2 Å². The minimum atomic E-state index is 0.0285. The molecular weight excluding hydrogens is 272 g/mol. The van der Waals surface area contributed by atoms with Crippen molar-refractivity contribution in [1.82, 2.24) is 9.88 Å². The molecule has 112 valence electrons. The van der Waals surface area contributed by atoms with Gasteiger partial charge in [0.2, 0.25) is 0 Å². The Morgan fingerprint density at radius 1 is 1.32 bits per heavy atom. The second kappa shape index (κ2) is 5.33. The Morgan fingerprint density at radius 3 is 2.95 bits per heavy atom. The molecule has 1 aromatic heterocycles. The molecule has 4 heterocycles. The van der Waals surface area contributed by atoms with Crippen molar-refractivity contribution < 1.29 is 4.79 Å². The number of ketones is 1. The number of pyridine rings is 1. The smallest absolute Gasteiger partial charge is 0.180 e. The van der Waals surface area contributed by atoms with Gasteiger partial charge in [-0.15, -0.1) is 6.58 Å². The fraction of sp³-hybridized carbons (Fsp3) is 0.368. The lowest BCUT2D eigenvalue weighted by Gasteiger charge is -2.48. The van der Waals surface area contributed by atoms with Crippen LogP contribution >= 0.6 is 0 Å². The molecular formula is C19H20N2O. The number of piperidine rings is 3. The summed E-state index contributed by atoms with van der Waals surface area (Å²) >= 11 is 0. The molecule has 3 heteroatoms. The van der Waals surface area contributed by atoms with Gasteiger partial charge in [0.05, 0.1) is 11.6 Å². The predicted molar refractivity (Wildman–Crippen MR) is 87.8 cm³/mol. The van der Waals surface area contributed by atoms with Crippen LogP contribution in [0.4, 0.5) is 0 Å². The summed E-state index contributed by atoms with van der Waals surface area (Å²) in [7, 11) is 0. The fourth-order valence-corrected chi connectivity index (χ4v) is 4.10. The molecule has 2 bridgehead atoms. The average molecular weight is 292 g/mol. The minimum Gasteiger partial charge on any atom is -0.293 e. The summed E-state index contributed by atoms with van der Waals surface area (Å²) in [5.74, 6) is 1.42. The summed E-state index contributed by atoms with van der Waals surface area (Å²) in [6.07, 6.45) is 5.97. The maximum absolute atomic E-state index is 13.1. The predicted octanol–water partition coefficient (Wildman–Crippen LogP) is 3.31. The molecule has 0 spiro atoms. The van der Waals surface area contributed by atoms with Crippen molar-refractivity contribution in [1.29, 1.82) is 0 Å². The second-order valence-corrected chi connectivity index (χ2v) is 6.43. The van der Waals surface area contributed by atoms with E-state index in [0.29, 0.717) is 11.8 Å². The van der Waals surface area contributed by atoms with Gasteiger partial charge in [0.1, 0.15) is 0 Å². The van der Waals surface area contributed by atoms with Gasteiger partial charge in [-0.2, -0.15) is 0 Å². The number of Topliss-reactive ketones (excluding diaryl/α,β-unsaturated/α-hetero) is 1. The van der Waals surface area contributed by atoms with Crippen molar-refractivity contribution in [3.8, 4) is 0 Å². The van der Waals surface area contributed by atoms with Gasteiger partial charge in [-0.25, -0.2) is 0 Å². The Morgan fingerprint density at radius 2 is 2.18 bits per heavy atom. The van der Waals surface area contributed by atoms with Crippen molar-refractivity contribution in [3.63, 3.8) is 0 Å². The van der Waals surface area contributed by atoms with Gasteiger partial charge in [0.15, 0.2) is 5.78 Å². The maximum Gasteiger partial charge on any atom is 0.180 e. The normalized spacial score (nSPS) is 30.4. The summed E-state index contributed by atoms with van der Waals surface area (Å²) in [6.45, 7) is 5.97. The zero-order valence-corrected chi connectivity index (χ0v) is 12.6. The lowest BCUT2D eigenvalue weighted by atomic mass is 9.74. The highest BCUT2D eigenvalue weighted by atomic mass is 16.1. The van der Waals surface area contributed by atoms with E-state index in [1.54, 1.807) is 6.20 Å². The van der Waals surface area contributed by atoms with E-state index in [1.165, 1.54) is 6.42 Å². The molecule has 3 saturated heterocycles. The highest BCUT2D eigenvalue weighted by Gasteiger charge is 2.42. The zero-order chi connectivity index (χ0) is 15.1. The SMILES string of the molecule is C=C[C@H]1CN2CC[C@@H]1C[C@@H]2C(=O)c1ccnc2ccccc12. The number of hydrogen-bond acceptors (Lipinski definition) is 3. The maximum atomic E-state index is 13.1. The van der Waals surface area contributed by atoms with Gasteiger partial charge in [0.25, 0.3) is 0 Å². The molecule has 3 aliphatic heterocycles. The van der Waals surface area contributed by atoms with Crippen LogP contribution in [-0.2, 0) is 0 Å². The van der Waals surface area contributed by atoms with E-state index in [-0.39, 0.29) is 11.8 Å². The molecule has 1 aromatic carbocycles. The van der Waals surface area contributed by atoms with Gasteiger partial charge in [-0.05, 0) is 43.4 Å². The third-order valence-electron chi connectivity index (χ3n) is 5.32. The molecule has 2 aromatic rings. The molecule has 0 saturated carbocycles. The monoisotopic (exact) mass is 292 g/mol. The van der Waals surface area contributed by atoms with E-state index in [9.17, 15) is 4.79 Å². The Kier molecular flexibility index (Phi) is 3.30. The van der Waals surface area contributed by atoms with Crippen LogP contribution in [0.1, 0.15) is 23.2 Å². The fourth-order valence-electron chi connectivity index (χ4n) is 4.10. The van der Waals surface area contributed by atoms with E-state index in [4.69, 9.17) is 0 Å². The van der Waals surface area contributed by atoms with Crippen LogP contribution in [0.25, 0.3) is 10.9 Å². The number of fused-ring (bicyclic) bond motifs is 4. The number of aromatic nitrogens is 1. The molecule has 1 unspecified atom stereocenters. The highest BCUT2D eigenvalue weighted by molar-refractivity contribution is 6.09. The number of rotatable bonds is 3. The molecule has 0 N–H and O–H groups in total. The van der Waals surface area contributed by atoms with Crippen LogP contribution in [0.3, 0.4) is 0 Å². The third-order valence-corrected chi connectivity index (χ3v) is 5.32. The molecule has 0 radical (unpaired) electrons. The second-order valence-electron chi connectivity index (χ2n) is 6.43. The largest absolute Gasteiger partial charge is 0.293 e. The molecule has 5 rings (SSSR count). The summed E-state index contributed by atoms with van der Waals surface area (Å²) in [6, 6.07) is 9.80. The van der Waals surface area contributed by atoms with Crippen LogP contribution in [0.5, 0.6) is 0 Å². The van der Waals surface area contributed by atoms with Crippen LogP contribution in [0.2, 0.25) is 0 Å². The lowest BCUT2D eigenvalue weighted by Crippen LogP contribution is -2.55. The number of carbonyl (C=O) groups excluding carboxylic acids is 1. The van der Waals surface area contributed by atoms with Gasteiger partial charge >= 0.3 is 0 Å². The van der Waals surface area contributed by atoms with Gasteiger partial charge in [-0.3, -0.25) is 14.7 Å². The number of hydrogen-bond donors (Lipinski definition) is 0. The lowest BCUT2D eigenvalue weighted by molar-refractivity contribution is 0.0205. The number of nitrogens with zero attached hydrogens (tertiary/aromatic N) is 2. The number of benzene rings is 1. The first-order valence-electron chi connectivity index (χ1n) is 8.02. The third kappa shape index (κ3) is 2.08. The Balaban J connectivity index is 1.69. The molecule has 3 fully saturated rings. The quantitative estimate of drug-likeness (QED) is 0.643. The van der Waals surface area contributed by atoms with Gasteiger partial charge in [0, 0.05) is 23.7 Å². The molecule has 22 heavy (non-hydrogen) atoms. The Labute approximate surface area is 130 Å². The van der Waals surface area contributed by atoms with Crippen molar-refractivity contribution in [3.05, 3.63) is 54.7 Å². The zero-order valence-electron chi connectivity index (χ0n) is 12.6. The summed E-state index contributed by atoms with van der Waals surface area (Å²) < 4.78 is 0. The van der Waals surface area contributed by atoms with Crippen molar-refractivity contribution in [2.45, 2.75) is 18.9 Å². The Bertz CT molecular complexity index is 734. The minimum absolute atomic E-state index is 0.0285. The Hall–Kier alpha value is -2.00. The van der Waals surface area contributed by atoms with Gasteiger partial charge in [-0.1, -0.05) is 24.3 Å². The van der Waals surface area contributed by atoms with E-state index in [0.717, 1.165) is 36.0 Å². The first-order chi connectivity index (χ1) is 10.8. The van der Waals surface area contributed by atoms with Crippen molar-refractivity contribution in [2.24, 2.45) is 11.8 Å². The summed E-state index contributed by atoms with van der Waals surface area (Å²) in [4.78, 5) is 19.8. The summed E-state index contributed by atoms with van der Waals surface area (Å²) in [5.41, 5.74) is 1.71. The van der Waals surface area contributed by atoms with E-state index >= 15 is 0 Å². The first-order valence-corrected chi connectivity index (χ1v) is 8.02. The van der Waals surface area contributed by atoms with Crippen molar-refractivity contribution >= 4 is 16.7 Å². The van der Waals surface area contributed by atoms with E-state index in [2.05, 4.69) is 22.5 Å². The standard InChI is InChI=1S/C19H20N2O/c1-2-13-12-21-10-8-14(13)11-18(21)19(22)16-7-9-20-17-6-4-3-5-15(16)17/h2-7,9,13-14,18H,1,8,10-12H2/t13-,14+,18+/m0/s1. The van der Waals surface area contributed by atoms with Crippen molar-refractivity contribution in [2.75, 3.05) is 13.1 Å². The molecule has 0 amide bonds. The molecule has 3 nitrogen and oxygen atoms in total. The van der Waals surface area contributed by atoms with Crippen LogP contribution in [0, 0.1) is 11.8 Å². The van der Waals surface area contributed by atoms with E-state index < -0.39 is 0 Å². The number of para-hydroxylation sites is 1. The topological polar surface area (TPSA) is 33.2 Å². The average Bonchev–Trinajstić information content (AvgIpc) is 2.60. The summed E-state index contributed by atoms with van der Waals surface area (Å²) in [5, 5.41) is 0.970. The van der Waals surface area contributed by atoms with Crippen LogP contribution < -0.4 is 0 Å². The molecule has 0 aliphatic carbocycles. The number of carbonyl (C=O) groups is 1. The molecule has 3 aliphatic rings. The van der Waals surface area contributed by atoms with Crippen LogP contribution in [-0.4, -0.2) is 34.8 Å².